The number of carbonyl (C=O) groups excluding carboxylic acids is 1. The number of anilines is 2. The van der Waals surface area contributed by atoms with Crippen LogP contribution in [0, 0.1) is 0 Å². The first kappa shape index (κ1) is 23.7. The lowest BCUT2D eigenvalue weighted by atomic mass is 9.94. The SMILES string of the molecule is CCNc1cccnc1N1CCN(CCCCCCC2=CC(=O)CCC2)CC1.Cl. The number of allylic oxidation sites excluding steroid dienone is 2. The maximum Gasteiger partial charge on any atom is 0.155 e. The van der Waals surface area contributed by atoms with Crippen LogP contribution in [0.1, 0.15) is 58.3 Å². The van der Waals surface area contributed by atoms with Gasteiger partial charge >= 0.3 is 0 Å². The van der Waals surface area contributed by atoms with Crippen molar-refractivity contribution in [3.05, 3.63) is 30.0 Å². The molecule has 2 heterocycles. The second-order valence-electron chi connectivity index (χ2n) is 8.02. The van der Waals surface area contributed by atoms with E-state index >= 15 is 0 Å². The van der Waals surface area contributed by atoms with Gasteiger partial charge in [0.25, 0.3) is 0 Å². The van der Waals surface area contributed by atoms with Crippen LogP contribution in [0.5, 0.6) is 0 Å². The van der Waals surface area contributed by atoms with Crippen molar-refractivity contribution in [2.24, 2.45) is 0 Å². The van der Waals surface area contributed by atoms with Gasteiger partial charge in [-0.05, 0) is 63.8 Å². The smallest absolute Gasteiger partial charge is 0.155 e. The monoisotopic (exact) mass is 420 g/mol. The maximum atomic E-state index is 11.5. The van der Waals surface area contributed by atoms with E-state index in [0.717, 1.165) is 69.9 Å². The highest BCUT2D eigenvalue weighted by Gasteiger charge is 2.19. The molecule has 0 atom stereocenters. The Kier molecular flexibility index (Phi) is 10.5. The highest BCUT2D eigenvalue weighted by molar-refractivity contribution is 5.91. The molecule has 162 valence electrons. The Labute approximate surface area is 182 Å². The molecule has 1 saturated heterocycles. The molecule has 1 aromatic heterocycles. The highest BCUT2D eigenvalue weighted by Crippen LogP contribution is 2.24. The summed E-state index contributed by atoms with van der Waals surface area (Å²) in [5.41, 5.74) is 2.53. The second-order valence-corrected chi connectivity index (χ2v) is 8.02. The molecular weight excluding hydrogens is 384 g/mol. The van der Waals surface area contributed by atoms with Crippen LogP contribution in [-0.4, -0.2) is 54.9 Å². The van der Waals surface area contributed by atoms with E-state index in [9.17, 15) is 4.79 Å². The average molecular weight is 421 g/mol. The molecule has 1 N–H and O–H groups in total. The predicted octanol–water partition coefficient (Wildman–Crippen LogP) is 4.69. The van der Waals surface area contributed by atoms with Crippen LogP contribution in [0.2, 0.25) is 0 Å². The molecule has 0 aromatic carbocycles. The number of halogens is 1. The van der Waals surface area contributed by atoms with E-state index in [0.29, 0.717) is 5.78 Å². The van der Waals surface area contributed by atoms with E-state index in [-0.39, 0.29) is 12.4 Å². The lowest BCUT2D eigenvalue weighted by Gasteiger charge is -2.36. The van der Waals surface area contributed by atoms with Crippen molar-refractivity contribution in [1.82, 2.24) is 9.88 Å². The summed E-state index contributed by atoms with van der Waals surface area (Å²) in [5.74, 6) is 1.43. The first-order valence-corrected chi connectivity index (χ1v) is 11.1. The number of nitrogens with one attached hydrogen (secondary N) is 1. The molecule has 0 saturated carbocycles. The number of nitrogens with zero attached hydrogens (tertiary/aromatic N) is 3. The molecule has 0 bridgehead atoms. The van der Waals surface area contributed by atoms with Crippen LogP contribution in [0.3, 0.4) is 0 Å². The van der Waals surface area contributed by atoms with Crippen molar-refractivity contribution in [2.45, 2.75) is 58.3 Å². The third kappa shape index (κ3) is 7.63. The van der Waals surface area contributed by atoms with Gasteiger partial charge in [-0.1, -0.05) is 18.4 Å². The molecule has 3 rings (SSSR count). The number of hydrogen-bond donors (Lipinski definition) is 1. The van der Waals surface area contributed by atoms with Gasteiger partial charge < -0.3 is 10.2 Å². The van der Waals surface area contributed by atoms with Crippen LogP contribution < -0.4 is 10.2 Å². The van der Waals surface area contributed by atoms with E-state index in [1.54, 1.807) is 0 Å². The summed E-state index contributed by atoms with van der Waals surface area (Å²) in [6.07, 6.45) is 13.0. The summed E-state index contributed by atoms with van der Waals surface area (Å²) in [4.78, 5) is 21.1. The first-order valence-electron chi connectivity index (χ1n) is 11.1. The Hall–Kier alpha value is -1.59. The molecule has 5 nitrogen and oxygen atoms in total. The Morgan fingerprint density at radius 1 is 1.07 bits per heavy atom. The highest BCUT2D eigenvalue weighted by atomic mass is 35.5. The zero-order valence-electron chi connectivity index (χ0n) is 17.9. The molecule has 0 radical (unpaired) electrons. The van der Waals surface area contributed by atoms with Gasteiger partial charge in [-0.2, -0.15) is 0 Å². The molecule has 1 fully saturated rings. The molecule has 29 heavy (non-hydrogen) atoms. The summed E-state index contributed by atoms with van der Waals surface area (Å²) in [5, 5.41) is 3.42. The number of aromatic nitrogens is 1. The Morgan fingerprint density at radius 3 is 2.62 bits per heavy atom. The normalized spacial score (nSPS) is 17.6. The molecular formula is C23H37ClN4O. The van der Waals surface area contributed by atoms with Gasteiger partial charge in [0, 0.05) is 45.3 Å². The Bertz CT molecular complexity index is 656. The molecule has 2 aliphatic rings. The van der Waals surface area contributed by atoms with E-state index < -0.39 is 0 Å². The summed E-state index contributed by atoms with van der Waals surface area (Å²) >= 11 is 0. The maximum absolute atomic E-state index is 11.5. The number of rotatable bonds is 10. The minimum atomic E-state index is 0. The number of piperazine rings is 1. The fraction of sp³-hybridized carbons (Fsp3) is 0.652. The molecule has 0 unspecified atom stereocenters. The van der Waals surface area contributed by atoms with Crippen molar-refractivity contribution in [2.75, 3.05) is 49.5 Å². The molecule has 0 amide bonds. The zero-order valence-corrected chi connectivity index (χ0v) is 18.7. The first-order chi connectivity index (χ1) is 13.8. The lowest BCUT2D eigenvalue weighted by molar-refractivity contribution is -0.115. The summed E-state index contributed by atoms with van der Waals surface area (Å²) in [7, 11) is 0. The largest absolute Gasteiger partial charge is 0.382 e. The van der Waals surface area contributed by atoms with Crippen LogP contribution >= 0.6 is 12.4 Å². The lowest BCUT2D eigenvalue weighted by Crippen LogP contribution is -2.47. The molecule has 0 spiro atoms. The fourth-order valence-corrected chi connectivity index (χ4v) is 4.26. The van der Waals surface area contributed by atoms with Crippen molar-refractivity contribution >= 4 is 29.7 Å². The Balaban J connectivity index is 0.00000300. The van der Waals surface area contributed by atoms with Crippen molar-refractivity contribution < 1.29 is 4.79 Å². The summed E-state index contributed by atoms with van der Waals surface area (Å²) in [6, 6.07) is 4.12. The zero-order chi connectivity index (χ0) is 19.6. The van der Waals surface area contributed by atoms with Gasteiger partial charge in [0.1, 0.15) is 0 Å². The van der Waals surface area contributed by atoms with Crippen LogP contribution in [0.15, 0.2) is 30.0 Å². The number of ketones is 1. The Morgan fingerprint density at radius 2 is 1.86 bits per heavy atom. The van der Waals surface area contributed by atoms with Crippen molar-refractivity contribution in [3.63, 3.8) is 0 Å². The summed E-state index contributed by atoms with van der Waals surface area (Å²) < 4.78 is 0. The van der Waals surface area contributed by atoms with Crippen molar-refractivity contribution in [3.8, 4) is 0 Å². The number of unbranched alkanes of at least 4 members (excludes halogenated alkanes) is 3. The minimum absolute atomic E-state index is 0. The molecule has 1 aliphatic heterocycles. The minimum Gasteiger partial charge on any atom is -0.382 e. The van der Waals surface area contributed by atoms with Crippen LogP contribution in [0.25, 0.3) is 0 Å². The van der Waals surface area contributed by atoms with Gasteiger partial charge in [-0.3, -0.25) is 9.69 Å². The van der Waals surface area contributed by atoms with E-state index in [4.69, 9.17) is 0 Å². The van der Waals surface area contributed by atoms with Crippen LogP contribution in [-0.2, 0) is 4.79 Å². The average Bonchev–Trinajstić information content (AvgIpc) is 2.72. The van der Waals surface area contributed by atoms with Crippen LogP contribution in [0.4, 0.5) is 11.5 Å². The van der Waals surface area contributed by atoms with Gasteiger partial charge in [-0.25, -0.2) is 4.98 Å². The number of carbonyl (C=O) groups is 1. The third-order valence-electron chi connectivity index (χ3n) is 5.83. The predicted molar refractivity (Wildman–Crippen MR) is 124 cm³/mol. The topological polar surface area (TPSA) is 48.5 Å². The van der Waals surface area contributed by atoms with E-state index in [2.05, 4.69) is 33.1 Å². The number of hydrogen-bond acceptors (Lipinski definition) is 5. The summed E-state index contributed by atoms with van der Waals surface area (Å²) in [6.45, 7) is 8.60. The van der Waals surface area contributed by atoms with Gasteiger partial charge in [0.2, 0.25) is 0 Å². The van der Waals surface area contributed by atoms with E-state index in [1.165, 1.54) is 37.8 Å². The van der Waals surface area contributed by atoms with Crippen molar-refractivity contribution in [1.29, 1.82) is 0 Å². The molecule has 1 aliphatic carbocycles. The molecule has 1 aromatic rings. The quantitative estimate of drug-likeness (QED) is 0.556. The standard InChI is InChI=1S/C23H36N4O.ClH/c1-2-24-22-12-8-13-25-23(22)27-17-15-26(16-18-27)14-6-4-3-5-9-20-10-7-11-21(28)19-20;/h8,12-13,19,24H,2-7,9-11,14-18H2,1H3;1H. The van der Waals surface area contributed by atoms with Gasteiger partial charge in [0.15, 0.2) is 11.6 Å². The third-order valence-corrected chi connectivity index (χ3v) is 5.83. The van der Waals surface area contributed by atoms with Gasteiger partial charge in [0.05, 0.1) is 5.69 Å². The second kappa shape index (κ2) is 12.9. The number of pyridine rings is 1. The molecule has 6 heteroatoms. The fourth-order valence-electron chi connectivity index (χ4n) is 4.26. The van der Waals surface area contributed by atoms with Gasteiger partial charge in [-0.15, -0.1) is 12.4 Å². The van der Waals surface area contributed by atoms with E-state index in [1.807, 2.05) is 18.3 Å².